The minimum atomic E-state index is -0.746. The van der Waals surface area contributed by atoms with E-state index < -0.39 is 12.0 Å². The van der Waals surface area contributed by atoms with Crippen LogP contribution in [-0.4, -0.2) is 30.1 Å². The zero-order valence-corrected chi connectivity index (χ0v) is 14.4. The van der Waals surface area contributed by atoms with Crippen LogP contribution in [0.25, 0.3) is 0 Å². The van der Waals surface area contributed by atoms with E-state index in [9.17, 15) is 14.7 Å². The van der Waals surface area contributed by atoms with Crippen LogP contribution < -0.4 is 10.2 Å². The summed E-state index contributed by atoms with van der Waals surface area (Å²) < 4.78 is 5.22. The average molecular weight is 342 g/mol. The number of carbonyl (C=O) groups is 2. The van der Waals surface area contributed by atoms with Crippen LogP contribution in [0.15, 0.2) is 41.0 Å². The second-order valence-corrected chi connectivity index (χ2v) is 6.44. The van der Waals surface area contributed by atoms with Crippen molar-refractivity contribution in [3.8, 4) is 0 Å². The highest BCUT2D eigenvalue weighted by Gasteiger charge is 2.38. The van der Waals surface area contributed by atoms with Gasteiger partial charge in [0.2, 0.25) is 11.8 Å². The molecule has 132 valence electrons. The van der Waals surface area contributed by atoms with Gasteiger partial charge in [-0.25, -0.2) is 0 Å². The lowest BCUT2D eigenvalue weighted by Crippen LogP contribution is -2.39. The SMILES string of the molecule is Cc1cc(C)cc(N2CCC(C(=O)NC(CO)c3ccco3)C2=O)c1. The van der Waals surface area contributed by atoms with Gasteiger partial charge in [0.05, 0.1) is 12.9 Å². The van der Waals surface area contributed by atoms with E-state index in [1.54, 1.807) is 17.0 Å². The number of nitrogens with zero attached hydrogens (tertiary/aromatic N) is 1. The molecule has 2 amide bonds. The number of amides is 2. The molecule has 1 aromatic carbocycles. The van der Waals surface area contributed by atoms with Gasteiger partial charge in [-0.15, -0.1) is 0 Å². The third-order valence-electron chi connectivity index (χ3n) is 4.43. The summed E-state index contributed by atoms with van der Waals surface area (Å²) in [4.78, 5) is 26.9. The van der Waals surface area contributed by atoms with Crippen LogP contribution in [0.4, 0.5) is 5.69 Å². The summed E-state index contributed by atoms with van der Waals surface area (Å²) in [6.07, 6.45) is 1.93. The topological polar surface area (TPSA) is 82.8 Å². The van der Waals surface area contributed by atoms with Crippen LogP contribution in [-0.2, 0) is 9.59 Å². The molecule has 3 rings (SSSR count). The number of hydrogen-bond acceptors (Lipinski definition) is 4. The predicted molar refractivity (Wildman–Crippen MR) is 93.1 cm³/mol. The maximum Gasteiger partial charge on any atom is 0.239 e. The third-order valence-corrected chi connectivity index (χ3v) is 4.43. The molecule has 2 N–H and O–H groups in total. The van der Waals surface area contributed by atoms with Gasteiger partial charge in [-0.1, -0.05) is 6.07 Å². The number of anilines is 1. The fraction of sp³-hybridized carbons (Fsp3) is 0.368. The van der Waals surface area contributed by atoms with Gasteiger partial charge in [0.25, 0.3) is 0 Å². The maximum atomic E-state index is 12.7. The van der Waals surface area contributed by atoms with Crippen LogP contribution in [0, 0.1) is 19.8 Å². The Kier molecular flexibility index (Phi) is 4.90. The molecular formula is C19H22N2O4. The molecule has 1 aliphatic rings. The first-order chi connectivity index (χ1) is 12.0. The van der Waals surface area contributed by atoms with E-state index in [1.165, 1.54) is 6.26 Å². The first-order valence-corrected chi connectivity index (χ1v) is 8.34. The van der Waals surface area contributed by atoms with Crippen molar-refractivity contribution < 1.29 is 19.1 Å². The Morgan fingerprint density at radius 1 is 1.36 bits per heavy atom. The number of benzene rings is 1. The van der Waals surface area contributed by atoms with Crippen LogP contribution in [0.3, 0.4) is 0 Å². The molecule has 1 saturated heterocycles. The number of nitrogens with one attached hydrogen (secondary N) is 1. The lowest BCUT2D eigenvalue weighted by atomic mass is 10.1. The molecule has 2 heterocycles. The first-order valence-electron chi connectivity index (χ1n) is 8.34. The summed E-state index contributed by atoms with van der Waals surface area (Å²) in [5, 5.41) is 12.2. The van der Waals surface area contributed by atoms with E-state index in [0.717, 1.165) is 16.8 Å². The van der Waals surface area contributed by atoms with E-state index >= 15 is 0 Å². The highest BCUT2D eigenvalue weighted by Crippen LogP contribution is 2.27. The van der Waals surface area contributed by atoms with E-state index in [-0.39, 0.29) is 18.4 Å². The largest absolute Gasteiger partial charge is 0.467 e. The zero-order chi connectivity index (χ0) is 18.0. The molecule has 1 aromatic heterocycles. The van der Waals surface area contributed by atoms with Gasteiger partial charge in [-0.2, -0.15) is 0 Å². The van der Waals surface area contributed by atoms with Crippen molar-refractivity contribution in [2.24, 2.45) is 5.92 Å². The van der Waals surface area contributed by atoms with Crippen LogP contribution in [0.5, 0.6) is 0 Å². The molecule has 2 unspecified atom stereocenters. The van der Waals surface area contributed by atoms with Crippen molar-refractivity contribution in [1.29, 1.82) is 0 Å². The number of rotatable bonds is 5. The Morgan fingerprint density at radius 3 is 2.68 bits per heavy atom. The molecule has 1 aliphatic heterocycles. The predicted octanol–water partition coefficient (Wildman–Crippen LogP) is 2.10. The summed E-state index contributed by atoms with van der Waals surface area (Å²) in [5.74, 6) is -0.872. The fourth-order valence-corrected chi connectivity index (χ4v) is 3.25. The van der Waals surface area contributed by atoms with Crippen LogP contribution >= 0.6 is 0 Å². The van der Waals surface area contributed by atoms with Gasteiger partial charge >= 0.3 is 0 Å². The average Bonchev–Trinajstić information content (AvgIpc) is 3.21. The third kappa shape index (κ3) is 3.58. The minimum absolute atomic E-state index is 0.210. The second-order valence-electron chi connectivity index (χ2n) is 6.44. The normalized spacial score (nSPS) is 18.4. The molecule has 25 heavy (non-hydrogen) atoms. The number of aryl methyl sites for hydroxylation is 2. The Hall–Kier alpha value is -2.60. The summed E-state index contributed by atoms with van der Waals surface area (Å²) >= 11 is 0. The molecule has 2 aromatic rings. The van der Waals surface area contributed by atoms with Gasteiger partial charge in [-0.05, 0) is 55.7 Å². The van der Waals surface area contributed by atoms with E-state index in [4.69, 9.17) is 4.42 Å². The summed E-state index contributed by atoms with van der Waals surface area (Å²) in [6.45, 7) is 4.18. The van der Waals surface area contributed by atoms with Crippen molar-refractivity contribution >= 4 is 17.5 Å². The Bertz CT molecular complexity index is 749. The summed E-state index contributed by atoms with van der Waals surface area (Å²) in [5.41, 5.74) is 2.98. The van der Waals surface area contributed by atoms with E-state index in [2.05, 4.69) is 5.32 Å². The molecule has 0 spiro atoms. The summed E-state index contributed by atoms with van der Waals surface area (Å²) in [7, 11) is 0. The molecule has 0 aliphatic carbocycles. The van der Waals surface area contributed by atoms with Gasteiger partial charge in [0.15, 0.2) is 0 Å². The fourth-order valence-electron chi connectivity index (χ4n) is 3.25. The first kappa shape index (κ1) is 17.2. The number of hydrogen-bond donors (Lipinski definition) is 2. The van der Waals surface area contributed by atoms with Crippen LogP contribution in [0.2, 0.25) is 0 Å². The van der Waals surface area contributed by atoms with Crippen molar-refractivity contribution in [2.45, 2.75) is 26.3 Å². The number of aliphatic hydroxyl groups is 1. The Balaban J connectivity index is 1.71. The number of carbonyl (C=O) groups excluding carboxylic acids is 2. The van der Waals surface area contributed by atoms with E-state index in [1.807, 2.05) is 32.0 Å². The molecule has 0 bridgehead atoms. The van der Waals surface area contributed by atoms with Gasteiger partial charge in [0.1, 0.15) is 17.7 Å². The van der Waals surface area contributed by atoms with Crippen molar-refractivity contribution in [1.82, 2.24) is 5.32 Å². The van der Waals surface area contributed by atoms with Crippen molar-refractivity contribution in [3.05, 3.63) is 53.5 Å². The molecule has 6 heteroatoms. The number of aliphatic hydroxyl groups excluding tert-OH is 1. The highest BCUT2D eigenvalue weighted by atomic mass is 16.3. The Labute approximate surface area is 146 Å². The number of furan rings is 1. The quantitative estimate of drug-likeness (QED) is 0.815. The maximum absolute atomic E-state index is 12.7. The lowest BCUT2D eigenvalue weighted by molar-refractivity contribution is -0.132. The van der Waals surface area contributed by atoms with E-state index in [0.29, 0.717) is 18.7 Å². The van der Waals surface area contributed by atoms with Gasteiger partial charge in [-0.3, -0.25) is 9.59 Å². The monoisotopic (exact) mass is 342 g/mol. The lowest BCUT2D eigenvalue weighted by Gasteiger charge is -2.19. The molecule has 2 atom stereocenters. The summed E-state index contributed by atoms with van der Waals surface area (Å²) in [6, 6.07) is 8.66. The minimum Gasteiger partial charge on any atom is -0.467 e. The zero-order valence-electron chi connectivity index (χ0n) is 14.4. The molecule has 0 saturated carbocycles. The highest BCUT2D eigenvalue weighted by molar-refractivity contribution is 6.09. The Morgan fingerprint density at radius 2 is 2.08 bits per heavy atom. The second kappa shape index (κ2) is 7.11. The van der Waals surface area contributed by atoms with Gasteiger partial charge < -0.3 is 19.7 Å². The van der Waals surface area contributed by atoms with Crippen molar-refractivity contribution in [3.63, 3.8) is 0 Å². The van der Waals surface area contributed by atoms with Crippen LogP contribution in [0.1, 0.15) is 29.3 Å². The smallest absolute Gasteiger partial charge is 0.239 e. The van der Waals surface area contributed by atoms with Crippen molar-refractivity contribution in [2.75, 3.05) is 18.1 Å². The standard InChI is InChI=1S/C19H22N2O4/c1-12-8-13(2)10-14(9-12)21-6-5-15(19(21)24)18(23)20-16(11-22)17-4-3-7-25-17/h3-4,7-10,15-16,22H,5-6,11H2,1-2H3,(H,20,23). The van der Waals surface area contributed by atoms with Gasteiger partial charge in [0, 0.05) is 12.2 Å². The molecule has 1 fully saturated rings. The molecular weight excluding hydrogens is 320 g/mol. The molecule has 6 nitrogen and oxygen atoms in total. The molecule has 0 radical (unpaired) electrons.